The number of carbonyl (C=O) groups excluding carboxylic acids is 2. The van der Waals surface area contributed by atoms with Crippen LogP contribution in [0.1, 0.15) is 12.8 Å². The number of allylic oxidation sites excluding steroid dienone is 2. The first-order valence-electron chi connectivity index (χ1n) is 5.54. The maximum Gasteiger partial charge on any atom is 0.411 e. The first-order chi connectivity index (χ1) is 8.14. The lowest BCUT2D eigenvalue weighted by Crippen LogP contribution is -2.43. The molecule has 0 aliphatic carbocycles. The van der Waals surface area contributed by atoms with Crippen molar-refractivity contribution in [1.82, 2.24) is 4.90 Å². The summed E-state index contributed by atoms with van der Waals surface area (Å²) in [7, 11) is 0. The molecular weight excluding hydrogens is 218 g/mol. The Balaban J connectivity index is 2.38. The Bertz CT molecular complexity index is 424. The van der Waals surface area contributed by atoms with Crippen LogP contribution in [0.15, 0.2) is 37.0 Å². The molecule has 0 radical (unpaired) electrons. The number of fused-ring (bicyclic) bond motifs is 1. The number of Topliss-reactive ketones (excluding diaryl/α,β-unsaturated/α-hetero) is 1. The molecule has 0 unspecified atom stereocenters. The van der Waals surface area contributed by atoms with Gasteiger partial charge in [0.05, 0.1) is 6.54 Å². The first kappa shape index (κ1) is 11.6. The predicted octanol–water partition coefficient (Wildman–Crippen LogP) is 1.84. The van der Waals surface area contributed by atoms with Crippen molar-refractivity contribution in [2.24, 2.45) is 0 Å². The molecule has 0 bridgehead atoms. The minimum Gasteiger partial charge on any atom is -0.446 e. The Hall–Kier alpha value is -1.84. The molecule has 2 saturated heterocycles. The van der Waals surface area contributed by atoms with Crippen LogP contribution in [0.2, 0.25) is 0 Å². The van der Waals surface area contributed by atoms with Gasteiger partial charge in [-0.15, -0.1) is 6.58 Å². The number of amides is 1. The van der Waals surface area contributed by atoms with Crippen molar-refractivity contribution in [3.63, 3.8) is 0 Å². The summed E-state index contributed by atoms with van der Waals surface area (Å²) in [6, 6.07) is 0. The predicted molar refractivity (Wildman–Crippen MR) is 63.5 cm³/mol. The van der Waals surface area contributed by atoms with Crippen LogP contribution < -0.4 is 0 Å². The number of ether oxygens (including phenoxy) is 1. The largest absolute Gasteiger partial charge is 0.446 e. The number of nitrogens with zero attached hydrogens (tertiary/aromatic N) is 1. The standard InChI is InChI=1S/C13H15NO3/c1-3-5-6-10(4-2)13-7-11(15)8-14(13)12(16)17-9-13/h3-4,6H,1-2,5,7-9H2/b10-6+/t13-/m1/s1. The van der Waals surface area contributed by atoms with Crippen molar-refractivity contribution in [2.75, 3.05) is 13.2 Å². The molecule has 0 aromatic carbocycles. The molecule has 2 aliphatic rings. The molecule has 0 spiro atoms. The SMILES string of the molecule is C=CC/C=C(\C=C)[C@@]12COC(=O)N1CC(=O)C2. The maximum atomic E-state index is 11.6. The summed E-state index contributed by atoms with van der Waals surface area (Å²) < 4.78 is 5.05. The molecule has 17 heavy (non-hydrogen) atoms. The van der Waals surface area contributed by atoms with Gasteiger partial charge < -0.3 is 4.74 Å². The normalized spacial score (nSPS) is 28.0. The summed E-state index contributed by atoms with van der Waals surface area (Å²) >= 11 is 0. The van der Waals surface area contributed by atoms with Crippen molar-refractivity contribution in [1.29, 1.82) is 0 Å². The Morgan fingerprint density at radius 3 is 2.88 bits per heavy atom. The van der Waals surface area contributed by atoms with Gasteiger partial charge in [0, 0.05) is 6.42 Å². The Morgan fingerprint density at radius 2 is 2.24 bits per heavy atom. The topological polar surface area (TPSA) is 46.6 Å². The van der Waals surface area contributed by atoms with Gasteiger partial charge in [-0.2, -0.15) is 0 Å². The van der Waals surface area contributed by atoms with Gasteiger partial charge in [-0.25, -0.2) is 4.79 Å². The van der Waals surface area contributed by atoms with Gasteiger partial charge in [-0.1, -0.05) is 24.8 Å². The number of hydrogen-bond donors (Lipinski definition) is 0. The zero-order valence-electron chi connectivity index (χ0n) is 9.65. The molecule has 2 fully saturated rings. The highest BCUT2D eigenvalue weighted by molar-refractivity contribution is 5.92. The molecule has 2 aliphatic heterocycles. The lowest BCUT2D eigenvalue weighted by Gasteiger charge is -2.28. The van der Waals surface area contributed by atoms with Gasteiger partial charge >= 0.3 is 6.09 Å². The molecule has 0 aromatic heterocycles. The van der Waals surface area contributed by atoms with Crippen molar-refractivity contribution in [2.45, 2.75) is 18.4 Å². The van der Waals surface area contributed by atoms with Crippen LogP contribution in [0.3, 0.4) is 0 Å². The molecule has 0 saturated carbocycles. The fourth-order valence-corrected chi connectivity index (χ4v) is 2.45. The van der Waals surface area contributed by atoms with Crippen LogP contribution in [0, 0.1) is 0 Å². The van der Waals surface area contributed by atoms with Crippen LogP contribution in [0.5, 0.6) is 0 Å². The molecule has 1 amide bonds. The number of ketones is 1. The Kier molecular flexibility index (Phi) is 2.88. The molecule has 0 aromatic rings. The van der Waals surface area contributed by atoms with Crippen molar-refractivity contribution in [3.8, 4) is 0 Å². The second-order valence-electron chi connectivity index (χ2n) is 4.28. The van der Waals surface area contributed by atoms with E-state index in [1.807, 2.05) is 6.08 Å². The van der Waals surface area contributed by atoms with Crippen molar-refractivity contribution in [3.05, 3.63) is 37.0 Å². The second-order valence-corrected chi connectivity index (χ2v) is 4.28. The van der Waals surface area contributed by atoms with E-state index in [2.05, 4.69) is 13.2 Å². The summed E-state index contributed by atoms with van der Waals surface area (Å²) in [5.41, 5.74) is 0.243. The third-order valence-electron chi connectivity index (χ3n) is 3.26. The van der Waals surface area contributed by atoms with Crippen LogP contribution in [0.4, 0.5) is 4.79 Å². The highest BCUT2D eigenvalue weighted by Gasteiger charge is 2.55. The quantitative estimate of drug-likeness (QED) is 0.550. The first-order valence-corrected chi connectivity index (χ1v) is 5.54. The lowest BCUT2D eigenvalue weighted by atomic mass is 9.87. The van der Waals surface area contributed by atoms with E-state index in [1.165, 1.54) is 4.90 Å². The lowest BCUT2D eigenvalue weighted by molar-refractivity contribution is -0.117. The molecule has 0 N–H and O–H groups in total. The third kappa shape index (κ3) is 1.69. The van der Waals surface area contributed by atoms with E-state index in [4.69, 9.17) is 4.74 Å². The highest BCUT2D eigenvalue weighted by Crippen LogP contribution is 2.39. The molecule has 90 valence electrons. The highest BCUT2D eigenvalue weighted by atomic mass is 16.6. The monoisotopic (exact) mass is 233 g/mol. The number of cyclic esters (lactones) is 1. The van der Waals surface area contributed by atoms with E-state index in [9.17, 15) is 9.59 Å². The number of rotatable bonds is 4. The van der Waals surface area contributed by atoms with E-state index in [1.54, 1.807) is 12.2 Å². The summed E-state index contributed by atoms with van der Waals surface area (Å²) in [5, 5.41) is 0. The van der Waals surface area contributed by atoms with E-state index in [0.717, 1.165) is 5.57 Å². The summed E-state index contributed by atoms with van der Waals surface area (Å²) in [4.78, 5) is 24.6. The number of hydrogen-bond acceptors (Lipinski definition) is 3. The third-order valence-corrected chi connectivity index (χ3v) is 3.26. The average molecular weight is 233 g/mol. The molecular formula is C13H15NO3. The molecule has 4 heteroatoms. The van der Waals surface area contributed by atoms with E-state index < -0.39 is 11.6 Å². The minimum atomic E-state index is -0.626. The molecule has 4 nitrogen and oxygen atoms in total. The molecule has 2 rings (SSSR count). The van der Waals surface area contributed by atoms with Gasteiger partial charge in [0.25, 0.3) is 0 Å². The van der Waals surface area contributed by atoms with Crippen LogP contribution in [0.25, 0.3) is 0 Å². The van der Waals surface area contributed by atoms with Crippen LogP contribution in [-0.2, 0) is 9.53 Å². The van der Waals surface area contributed by atoms with Gasteiger partial charge in [0.15, 0.2) is 5.78 Å². The summed E-state index contributed by atoms with van der Waals surface area (Å²) in [6.07, 6.45) is 5.97. The average Bonchev–Trinajstić information content (AvgIpc) is 2.78. The Labute approximate surface area is 100 Å². The van der Waals surface area contributed by atoms with E-state index in [-0.39, 0.29) is 18.9 Å². The van der Waals surface area contributed by atoms with Gasteiger partial charge in [-0.3, -0.25) is 9.69 Å². The van der Waals surface area contributed by atoms with Crippen LogP contribution in [-0.4, -0.2) is 35.5 Å². The van der Waals surface area contributed by atoms with E-state index >= 15 is 0 Å². The molecule has 2 heterocycles. The fraction of sp³-hybridized carbons (Fsp3) is 0.385. The zero-order chi connectivity index (χ0) is 12.5. The van der Waals surface area contributed by atoms with Gasteiger partial charge in [0.2, 0.25) is 0 Å². The minimum absolute atomic E-state index is 0.0630. The van der Waals surface area contributed by atoms with E-state index in [0.29, 0.717) is 12.8 Å². The van der Waals surface area contributed by atoms with Gasteiger partial charge in [-0.05, 0) is 12.0 Å². The number of carbonyl (C=O) groups is 2. The smallest absolute Gasteiger partial charge is 0.411 e. The van der Waals surface area contributed by atoms with Crippen molar-refractivity contribution >= 4 is 11.9 Å². The van der Waals surface area contributed by atoms with Crippen molar-refractivity contribution < 1.29 is 14.3 Å². The van der Waals surface area contributed by atoms with Crippen LogP contribution >= 0.6 is 0 Å². The summed E-state index contributed by atoms with van der Waals surface area (Å²) in [5.74, 6) is 0.0630. The fourth-order valence-electron chi connectivity index (χ4n) is 2.45. The zero-order valence-corrected chi connectivity index (χ0v) is 9.65. The second kappa shape index (κ2) is 4.20. The maximum absolute atomic E-state index is 11.6. The van der Waals surface area contributed by atoms with Gasteiger partial charge in [0.1, 0.15) is 12.1 Å². The molecule has 1 atom stereocenters. The Morgan fingerprint density at radius 1 is 1.47 bits per heavy atom. The summed E-state index contributed by atoms with van der Waals surface area (Å²) in [6.45, 7) is 7.77.